The molecule has 0 bridgehead atoms. The first-order valence-corrected chi connectivity index (χ1v) is 10.1. The average Bonchev–Trinajstić information content (AvgIpc) is 2.82. The molecule has 0 radical (unpaired) electrons. The average molecular weight is 357 g/mol. The van der Waals surface area contributed by atoms with E-state index in [-0.39, 0.29) is 29.1 Å². The molecule has 8 heteroatoms. The highest BCUT2D eigenvalue weighted by molar-refractivity contribution is 8.02. The van der Waals surface area contributed by atoms with Crippen molar-refractivity contribution in [2.75, 3.05) is 29.2 Å². The van der Waals surface area contributed by atoms with Gasteiger partial charge in [0.1, 0.15) is 0 Å². The highest BCUT2D eigenvalue weighted by atomic mass is 32.2. The second kappa shape index (κ2) is 7.83. The Hall–Kier alpha value is -1.54. The van der Waals surface area contributed by atoms with Gasteiger partial charge in [-0.1, -0.05) is 12.1 Å². The molecule has 6 nitrogen and oxygen atoms in total. The lowest BCUT2D eigenvalue weighted by Gasteiger charge is -2.09. The van der Waals surface area contributed by atoms with E-state index in [1.165, 1.54) is 11.8 Å². The van der Waals surface area contributed by atoms with Gasteiger partial charge in [0.2, 0.25) is 0 Å². The molecule has 1 fully saturated rings. The van der Waals surface area contributed by atoms with E-state index in [1.54, 1.807) is 6.07 Å². The Morgan fingerprint density at radius 3 is 2.83 bits per heavy atom. The zero-order chi connectivity index (χ0) is 16.9. The highest BCUT2D eigenvalue weighted by Gasteiger charge is 2.28. The van der Waals surface area contributed by atoms with Gasteiger partial charge in [-0.25, -0.2) is 8.42 Å². The molecular formula is C15H19NO5S2. The maximum absolute atomic E-state index is 11.7. The molecule has 0 spiro atoms. The summed E-state index contributed by atoms with van der Waals surface area (Å²) in [4.78, 5) is 23.3. The smallest absolute Gasteiger partial charge is 0.316 e. The summed E-state index contributed by atoms with van der Waals surface area (Å²) in [7, 11) is -2.94. The van der Waals surface area contributed by atoms with E-state index < -0.39 is 21.7 Å². The topological polar surface area (TPSA) is 89.5 Å². The summed E-state index contributed by atoms with van der Waals surface area (Å²) >= 11 is 1.27. The van der Waals surface area contributed by atoms with Crippen LogP contribution in [0.3, 0.4) is 0 Å². The zero-order valence-electron chi connectivity index (χ0n) is 12.8. The van der Waals surface area contributed by atoms with Gasteiger partial charge in [-0.05, 0) is 31.0 Å². The number of nitrogens with one attached hydrogen (secondary N) is 1. The minimum absolute atomic E-state index is 0.0535. The van der Waals surface area contributed by atoms with Crippen molar-refractivity contribution in [3.8, 4) is 0 Å². The molecule has 1 atom stereocenters. The van der Waals surface area contributed by atoms with Crippen LogP contribution >= 0.6 is 11.8 Å². The van der Waals surface area contributed by atoms with Gasteiger partial charge in [-0.2, -0.15) is 0 Å². The third kappa shape index (κ3) is 6.23. The quantitative estimate of drug-likeness (QED) is 0.774. The number of amides is 1. The van der Waals surface area contributed by atoms with Gasteiger partial charge in [0.25, 0.3) is 5.91 Å². The second-order valence-electron chi connectivity index (χ2n) is 5.41. The SMILES string of the molecule is Cc1cccc(NC(=O)COC(=O)CS[C@H]2CCS(=O)(=O)C2)c1. The molecule has 0 saturated carbocycles. The lowest BCUT2D eigenvalue weighted by Crippen LogP contribution is -2.22. The van der Waals surface area contributed by atoms with Crippen molar-refractivity contribution in [3.63, 3.8) is 0 Å². The molecule has 0 unspecified atom stereocenters. The van der Waals surface area contributed by atoms with E-state index in [2.05, 4.69) is 5.32 Å². The van der Waals surface area contributed by atoms with Crippen molar-refractivity contribution in [1.82, 2.24) is 0 Å². The van der Waals surface area contributed by atoms with Crippen LogP contribution in [-0.2, 0) is 24.2 Å². The number of hydrogen-bond donors (Lipinski definition) is 1. The number of carbonyl (C=O) groups is 2. The summed E-state index contributed by atoms with van der Waals surface area (Å²) in [6.07, 6.45) is 0.564. The zero-order valence-corrected chi connectivity index (χ0v) is 14.4. The number of rotatable bonds is 6. The number of esters is 1. The van der Waals surface area contributed by atoms with Crippen LogP contribution in [0, 0.1) is 6.92 Å². The Labute approximate surface area is 139 Å². The first kappa shape index (κ1) is 17.8. The first-order valence-electron chi connectivity index (χ1n) is 7.18. The Kier molecular flexibility index (Phi) is 6.06. The lowest BCUT2D eigenvalue weighted by atomic mass is 10.2. The van der Waals surface area contributed by atoms with Crippen molar-refractivity contribution >= 4 is 39.2 Å². The number of anilines is 1. The predicted molar refractivity (Wildman–Crippen MR) is 90.3 cm³/mol. The van der Waals surface area contributed by atoms with Gasteiger partial charge in [0.05, 0.1) is 17.3 Å². The summed E-state index contributed by atoms with van der Waals surface area (Å²) in [6.45, 7) is 1.56. The predicted octanol–water partition coefficient (Wildman–Crippen LogP) is 1.40. The van der Waals surface area contributed by atoms with Crippen LogP contribution in [-0.4, -0.2) is 49.4 Å². The van der Waals surface area contributed by atoms with Crippen LogP contribution < -0.4 is 5.32 Å². The molecular weight excluding hydrogens is 338 g/mol. The third-order valence-electron chi connectivity index (χ3n) is 3.29. The maximum atomic E-state index is 11.7. The van der Waals surface area contributed by atoms with E-state index >= 15 is 0 Å². The third-order valence-corrected chi connectivity index (χ3v) is 6.55. The molecule has 1 heterocycles. The molecule has 23 heavy (non-hydrogen) atoms. The first-order chi connectivity index (χ1) is 10.8. The fraction of sp³-hybridized carbons (Fsp3) is 0.467. The molecule has 1 aromatic rings. The number of hydrogen-bond acceptors (Lipinski definition) is 6. The van der Waals surface area contributed by atoms with Crippen LogP contribution in [0.4, 0.5) is 5.69 Å². The van der Waals surface area contributed by atoms with Gasteiger partial charge in [0.15, 0.2) is 16.4 Å². The molecule has 1 saturated heterocycles. The minimum Gasteiger partial charge on any atom is -0.455 e. The van der Waals surface area contributed by atoms with Gasteiger partial charge in [0, 0.05) is 10.9 Å². The molecule has 126 valence electrons. The lowest BCUT2D eigenvalue weighted by molar-refractivity contribution is -0.144. The molecule has 0 aromatic heterocycles. The van der Waals surface area contributed by atoms with Crippen molar-refractivity contribution in [2.24, 2.45) is 0 Å². The van der Waals surface area contributed by atoms with E-state index in [9.17, 15) is 18.0 Å². The van der Waals surface area contributed by atoms with E-state index in [1.807, 2.05) is 25.1 Å². The van der Waals surface area contributed by atoms with Gasteiger partial charge in [-0.3, -0.25) is 9.59 Å². The molecule has 1 amide bonds. The number of carbonyl (C=O) groups excluding carboxylic acids is 2. The van der Waals surface area contributed by atoms with Crippen LogP contribution in [0.2, 0.25) is 0 Å². The fourth-order valence-electron chi connectivity index (χ4n) is 2.19. The molecule has 1 aliphatic rings. The highest BCUT2D eigenvalue weighted by Crippen LogP contribution is 2.24. The molecule has 1 aliphatic heterocycles. The summed E-state index contributed by atoms with van der Waals surface area (Å²) in [5.41, 5.74) is 1.67. The van der Waals surface area contributed by atoms with Gasteiger partial charge < -0.3 is 10.1 Å². The number of aryl methyl sites for hydroxylation is 1. The van der Waals surface area contributed by atoms with Gasteiger partial charge in [-0.15, -0.1) is 11.8 Å². The maximum Gasteiger partial charge on any atom is 0.316 e. The van der Waals surface area contributed by atoms with Crippen LogP contribution in [0.5, 0.6) is 0 Å². The molecule has 2 rings (SSSR count). The van der Waals surface area contributed by atoms with E-state index in [0.29, 0.717) is 12.1 Å². The summed E-state index contributed by atoms with van der Waals surface area (Å²) in [5.74, 6) is -0.578. The minimum atomic E-state index is -2.94. The number of thioether (sulfide) groups is 1. The Bertz CT molecular complexity index is 687. The van der Waals surface area contributed by atoms with Crippen LogP contribution in [0.15, 0.2) is 24.3 Å². The second-order valence-corrected chi connectivity index (χ2v) is 8.93. The largest absolute Gasteiger partial charge is 0.455 e. The number of ether oxygens (including phenoxy) is 1. The number of sulfone groups is 1. The van der Waals surface area contributed by atoms with Crippen molar-refractivity contribution < 1.29 is 22.7 Å². The van der Waals surface area contributed by atoms with Crippen molar-refractivity contribution in [1.29, 1.82) is 0 Å². The molecule has 0 aliphatic carbocycles. The normalized spacial score (nSPS) is 19.3. The van der Waals surface area contributed by atoms with Crippen LogP contribution in [0.25, 0.3) is 0 Å². The summed E-state index contributed by atoms with van der Waals surface area (Å²) in [5, 5.41) is 2.58. The molecule has 1 aromatic carbocycles. The van der Waals surface area contributed by atoms with E-state index in [0.717, 1.165) is 5.56 Å². The Morgan fingerprint density at radius 1 is 1.39 bits per heavy atom. The van der Waals surface area contributed by atoms with E-state index in [4.69, 9.17) is 4.74 Å². The van der Waals surface area contributed by atoms with Crippen LogP contribution in [0.1, 0.15) is 12.0 Å². The Balaban J connectivity index is 1.67. The standard InChI is InChI=1S/C15H19NO5S2/c1-11-3-2-4-12(7-11)16-14(17)8-21-15(18)9-22-13-5-6-23(19,20)10-13/h2-4,7,13H,5-6,8-10H2,1H3,(H,16,17)/t13-/m0/s1. The monoisotopic (exact) mass is 357 g/mol. The molecule has 1 N–H and O–H groups in total. The Morgan fingerprint density at radius 2 is 2.17 bits per heavy atom. The van der Waals surface area contributed by atoms with Crippen molar-refractivity contribution in [3.05, 3.63) is 29.8 Å². The summed E-state index contributed by atoms with van der Waals surface area (Å²) < 4.78 is 27.5. The number of benzene rings is 1. The van der Waals surface area contributed by atoms with Crippen molar-refractivity contribution in [2.45, 2.75) is 18.6 Å². The van der Waals surface area contributed by atoms with Gasteiger partial charge >= 0.3 is 5.97 Å². The summed E-state index contributed by atoms with van der Waals surface area (Å²) in [6, 6.07) is 7.30. The fourth-order valence-corrected chi connectivity index (χ4v) is 5.62.